The van der Waals surface area contributed by atoms with Crippen LogP contribution in [0.5, 0.6) is 0 Å². The van der Waals surface area contributed by atoms with Crippen molar-refractivity contribution < 1.29 is 4.39 Å². The van der Waals surface area contributed by atoms with Crippen molar-refractivity contribution in [3.63, 3.8) is 0 Å². The SMILES string of the molecule is CCN(C(C)CN(C)C)C(CN)c1ccc(Cl)c(F)c1. The molecular weight excluding hydrogens is 277 g/mol. The fraction of sp³-hybridized carbons (Fsp3) is 0.600. The molecule has 0 radical (unpaired) electrons. The van der Waals surface area contributed by atoms with Crippen LogP contribution in [0.2, 0.25) is 5.02 Å². The van der Waals surface area contributed by atoms with Crippen LogP contribution in [0.1, 0.15) is 25.5 Å². The number of nitrogens with zero attached hydrogens (tertiary/aromatic N) is 2. The maximum atomic E-state index is 13.7. The van der Waals surface area contributed by atoms with E-state index >= 15 is 0 Å². The Kier molecular flexibility index (Phi) is 6.89. The Morgan fingerprint density at radius 3 is 2.45 bits per heavy atom. The highest BCUT2D eigenvalue weighted by atomic mass is 35.5. The molecule has 0 fully saturated rings. The molecule has 0 aliphatic rings. The van der Waals surface area contributed by atoms with Crippen molar-refractivity contribution in [1.29, 1.82) is 0 Å². The summed E-state index contributed by atoms with van der Waals surface area (Å²) in [6, 6.07) is 5.28. The van der Waals surface area contributed by atoms with E-state index in [9.17, 15) is 4.39 Å². The van der Waals surface area contributed by atoms with Gasteiger partial charge in [0.2, 0.25) is 0 Å². The van der Waals surface area contributed by atoms with Gasteiger partial charge in [0.05, 0.1) is 5.02 Å². The third kappa shape index (κ3) is 4.42. The lowest BCUT2D eigenvalue weighted by atomic mass is 10.0. The van der Waals surface area contributed by atoms with E-state index in [1.807, 2.05) is 20.2 Å². The van der Waals surface area contributed by atoms with Gasteiger partial charge in [0.1, 0.15) is 5.82 Å². The lowest BCUT2D eigenvalue weighted by Crippen LogP contribution is -2.44. The van der Waals surface area contributed by atoms with E-state index in [1.54, 1.807) is 6.07 Å². The summed E-state index contributed by atoms with van der Waals surface area (Å²) in [7, 11) is 4.09. The van der Waals surface area contributed by atoms with Gasteiger partial charge in [-0.1, -0.05) is 24.6 Å². The molecule has 114 valence electrons. The van der Waals surface area contributed by atoms with Crippen LogP contribution in [0.15, 0.2) is 18.2 Å². The Labute approximate surface area is 126 Å². The Morgan fingerprint density at radius 1 is 1.35 bits per heavy atom. The molecule has 0 bridgehead atoms. The first-order valence-corrected chi connectivity index (χ1v) is 7.34. The standard InChI is InChI=1S/C15H25ClFN3/c1-5-20(11(2)10-19(3)4)15(9-18)12-6-7-13(16)14(17)8-12/h6-8,11,15H,5,9-10,18H2,1-4H3. The van der Waals surface area contributed by atoms with Gasteiger partial charge in [0.15, 0.2) is 0 Å². The number of likely N-dealkylation sites (N-methyl/N-ethyl adjacent to an activating group) is 2. The van der Waals surface area contributed by atoms with Gasteiger partial charge in [-0.15, -0.1) is 0 Å². The number of halogens is 2. The summed E-state index contributed by atoms with van der Waals surface area (Å²) >= 11 is 5.75. The molecule has 0 saturated carbocycles. The summed E-state index contributed by atoms with van der Waals surface area (Å²) in [5.41, 5.74) is 6.80. The highest BCUT2D eigenvalue weighted by molar-refractivity contribution is 6.30. The predicted molar refractivity (Wildman–Crippen MR) is 83.6 cm³/mol. The van der Waals surface area contributed by atoms with Crippen LogP contribution >= 0.6 is 11.6 Å². The van der Waals surface area contributed by atoms with Gasteiger partial charge in [-0.25, -0.2) is 4.39 Å². The molecule has 0 heterocycles. The molecule has 0 spiro atoms. The maximum Gasteiger partial charge on any atom is 0.142 e. The summed E-state index contributed by atoms with van der Waals surface area (Å²) in [6.45, 7) is 6.51. The molecule has 0 aliphatic heterocycles. The third-order valence-electron chi connectivity index (χ3n) is 3.51. The lowest BCUT2D eigenvalue weighted by Gasteiger charge is -2.36. The van der Waals surface area contributed by atoms with E-state index < -0.39 is 0 Å². The fourth-order valence-electron chi connectivity index (χ4n) is 2.66. The van der Waals surface area contributed by atoms with Crippen LogP contribution in [0.25, 0.3) is 0 Å². The number of hydrogen-bond donors (Lipinski definition) is 1. The minimum atomic E-state index is -0.390. The summed E-state index contributed by atoms with van der Waals surface area (Å²) in [5, 5.41) is 0.147. The molecule has 5 heteroatoms. The molecule has 20 heavy (non-hydrogen) atoms. The first kappa shape index (κ1) is 17.4. The van der Waals surface area contributed by atoms with Crippen molar-refractivity contribution in [2.75, 3.05) is 33.7 Å². The largest absolute Gasteiger partial charge is 0.329 e. The van der Waals surface area contributed by atoms with Gasteiger partial charge in [-0.3, -0.25) is 4.90 Å². The van der Waals surface area contributed by atoms with Crippen LogP contribution in [-0.2, 0) is 0 Å². The first-order valence-electron chi connectivity index (χ1n) is 6.96. The highest BCUT2D eigenvalue weighted by Gasteiger charge is 2.23. The summed E-state index contributed by atoms with van der Waals surface area (Å²) in [6.07, 6.45) is 0. The van der Waals surface area contributed by atoms with E-state index in [-0.39, 0.29) is 16.9 Å². The van der Waals surface area contributed by atoms with Crippen LogP contribution in [0.4, 0.5) is 4.39 Å². The number of benzene rings is 1. The molecule has 0 amide bonds. The smallest absolute Gasteiger partial charge is 0.142 e. The van der Waals surface area contributed by atoms with E-state index in [2.05, 4.69) is 23.6 Å². The Bertz CT molecular complexity index is 426. The highest BCUT2D eigenvalue weighted by Crippen LogP contribution is 2.25. The average Bonchev–Trinajstić information content (AvgIpc) is 2.38. The molecule has 0 aromatic heterocycles. The van der Waals surface area contributed by atoms with Crippen LogP contribution in [-0.4, -0.2) is 49.6 Å². The molecule has 1 aromatic rings. The topological polar surface area (TPSA) is 32.5 Å². The molecule has 0 aliphatic carbocycles. The molecule has 2 atom stereocenters. The number of nitrogens with two attached hydrogens (primary N) is 1. The number of rotatable bonds is 7. The normalized spacial score (nSPS) is 14.8. The minimum absolute atomic E-state index is 0.00159. The van der Waals surface area contributed by atoms with E-state index in [1.165, 1.54) is 6.07 Å². The van der Waals surface area contributed by atoms with Gasteiger partial charge in [-0.05, 0) is 45.3 Å². The zero-order valence-corrected chi connectivity index (χ0v) is 13.5. The Balaban J connectivity index is 2.98. The monoisotopic (exact) mass is 301 g/mol. The van der Waals surface area contributed by atoms with Crippen LogP contribution in [0.3, 0.4) is 0 Å². The maximum absolute atomic E-state index is 13.7. The molecule has 1 aromatic carbocycles. The van der Waals surface area contributed by atoms with E-state index in [0.29, 0.717) is 12.6 Å². The zero-order valence-electron chi connectivity index (χ0n) is 12.7. The fourth-order valence-corrected chi connectivity index (χ4v) is 2.77. The van der Waals surface area contributed by atoms with Crippen molar-refractivity contribution >= 4 is 11.6 Å². The lowest BCUT2D eigenvalue weighted by molar-refractivity contribution is 0.131. The summed E-state index contributed by atoms with van der Waals surface area (Å²) in [4.78, 5) is 4.44. The zero-order chi connectivity index (χ0) is 15.3. The molecule has 1 rings (SSSR count). The second kappa shape index (κ2) is 7.93. The van der Waals surface area contributed by atoms with Gasteiger partial charge in [-0.2, -0.15) is 0 Å². The third-order valence-corrected chi connectivity index (χ3v) is 3.82. The summed E-state index contributed by atoms with van der Waals surface area (Å²) in [5.74, 6) is -0.390. The van der Waals surface area contributed by atoms with Crippen molar-refractivity contribution in [2.24, 2.45) is 5.73 Å². The van der Waals surface area contributed by atoms with Crippen LogP contribution in [0, 0.1) is 5.82 Å². The van der Waals surface area contributed by atoms with Gasteiger partial charge < -0.3 is 10.6 Å². The minimum Gasteiger partial charge on any atom is -0.329 e. The van der Waals surface area contributed by atoms with Crippen molar-refractivity contribution in [3.05, 3.63) is 34.6 Å². The second-order valence-corrected chi connectivity index (χ2v) is 5.77. The number of hydrogen-bond acceptors (Lipinski definition) is 3. The first-order chi connectivity index (χ1) is 9.40. The summed E-state index contributed by atoms with van der Waals surface area (Å²) < 4.78 is 13.7. The second-order valence-electron chi connectivity index (χ2n) is 5.37. The van der Waals surface area contributed by atoms with E-state index in [0.717, 1.165) is 18.7 Å². The van der Waals surface area contributed by atoms with Gasteiger partial charge >= 0.3 is 0 Å². The molecule has 2 N–H and O–H groups in total. The quantitative estimate of drug-likeness (QED) is 0.840. The van der Waals surface area contributed by atoms with Gasteiger partial charge in [0.25, 0.3) is 0 Å². The van der Waals surface area contributed by atoms with Crippen molar-refractivity contribution in [3.8, 4) is 0 Å². The molecule has 2 unspecified atom stereocenters. The van der Waals surface area contributed by atoms with Crippen molar-refractivity contribution in [1.82, 2.24) is 9.80 Å². The Morgan fingerprint density at radius 2 is 2.00 bits per heavy atom. The average molecular weight is 302 g/mol. The molecule has 3 nitrogen and oxygen atoms in total. The molecular formula is C15H25ClFN3. The predicted octanol–water partition coefficient (Wildman–Crippen LogP) is 2.75. The molecule has 0 saturated heterocycles. The van der Waals surface area contributed by atoms with Crippen molar-refractivity contribution in [2.45, 2.75) is 25.9 Å². The van der Waals surface area contributed by atoms with Gasteiger partial charge in [0, 0.05) is 25.2 Å². The van der Waals surface area contributed by atoms with E-state index in [4.69, 9.17) is 17.3 Å². The van der Waals surface area contributed by atoms with Crippen LogP contribution < -0.4 is 5.73 Å². The Hall–Kier alpha value is -0.680.